The van der Waals surface area contributed by atoms with Crippen LogP contribution in [0, 0.1) is 5.41 Å². The number of hydrazine groups is 1. The Balaban J connectivity index is 2.01. The molecule has 0 radical (unpaired) electrons. The minimum atomic E-state index is -1.10. The maximum atomic E-state index is 12.2. The molecule has 1 aromatic rings. The summed E-state index contributed by atoms with van der Waals surface area (Å²) >= 11 is 11.9. The van der Waals surface area contributed by atoms with E-state index in [0.29, 0.717) is 23.5 Å². The molecule has 1 unspecified atom stereocenters. The summed E-state index contributed by atoms with van der Waals surface area (Å²) in [5.74, 6) is 0.0364. The zero-order valence-electron chi connectivity index (χ0n) is 13.9. The van der Waals surface area contributed by atoms with Gasteiger partial charge < -0.3 is 9.47 Å². The normalized spacial score (nSPS) is 21.1. The van der Waals surface area contributed by atoms with E-state index in [1.807, 2.05) is 13.8 Å². The fourth-order valence-electron chi connectivity index (χ4n) is 2.13. The number of methoxy groups -OCH3 is 1. The molecular formula is C16H20Cl2N2O4. The topological polar surface area (TPSA) is 76.7 Å². The Morgan fingerprint density at radius 1 is 1.21 bits per heavy atom. The van der Waals surface area contributed by atoms with Crippen molar-refractivity contribution in [2.45, 2.75) is 37.6 Å². The monoisotopic (exact) mass is 374 g/mol. The van der Waals surface area contributed by atoms with Crippen LogP contribution in [0.4, 0.5) is 0 Å². The predicted molar refractivity (Wildman–Crippen MR) is 91.5 cm³/mol. The summed E-state index contributed by atoms with van der Waals surface area (Å²) in [5, 5.41) is 0. The summed E-state index contributed by atoms with van der Waals surface area (Å²) in [7, 11) is 1.49. The van der Waals surface area contributed by atoms with Crippen LogP contribution in [0.15, 0.2) is 18.2 Å². The molecule has 1 aromatic carbocycles. The van der Waals surface area contributed by atoms with Gasteiger partial charge in [-0.25, -0.2) is 0 Å². The second-order valence-corrected chi connectivity index (χ2v) is 7.64. The lowest BCUT2D eigenvalue weighted by Gasteiger charge is -2.15. The molecule has 1 aliphatic rings. The highest BCUT2D eigenvalue weighted by Gasteiger charge is 2.68. The van der Waals surface area contributed by atoms with E-state index in [1.54, 1.807) is 19.1 Å². The van der Waals surface area contributed by atoms with E-state index in [0.717, 1.165) is 0 Å². The Hall–Kier alpha value is -1.66. The fraction of sp³-hybridized carbons (Fsp3) is 0.500. The maximum absolute atomic E-state index is 12.2. The van der Waals surface area contributed by atoms with Crippen LogP contribution in [-0.4, -0.2) is 29.4 Å². The van der Waals surface area contributed by atoms with E-state index in [4.69, 9.17) is 32.7 Å². The molecule has 0 aromatic heterocycles. The number of hydrogen-bond acceptors (Lipinski definition) is 4. The first-order valence-corrected chi connectivity index (χ1v) is 8.19. The Kier molecular flexibility index (Phi) is 5.20. The first-order valence-electron chi connectivity index (χ1n) is 7.44. The van der Waals surface area contributed by atoms with Crippen LogP contribution in [-0.2, 0) is 4.79 Å². The number of amides is 2. The van der Waals surface area contributed by atoms with Gasteiger partial charge in [-0.1, -0.05) is 0 Å². The molecule has 0 saturated heterocycles. The number of ether oxygens (including phenoxy) is 2. The van der Waals surface area contributed by atoms with Gasteiger partial charge in [0.2, 0.25) is 5.91 Å². The number of alkyl halides is 2. The summed E-state index contributed by atoms with van der Waals surface area (Å²) in [6.07, 6.45) is 0.309. The zero-order chi connectivity index (χ0) is 18.1. The molecule has 24 heavy (non-hydrogen) atoms. The largest absolute Gasteiger partial charge is 0.493 e. The third kappa shape index (κ3) is 3.70. The molecule has 2 rings (SSSR count). The van der Waals surface area contributed by atoms with E-state index >= 15 is 0 Å². The molecule has 8 heteroatoms. The first-order chi connectivity index (χ1) is 11.1. The van der Waals surface area contributed by atoms with Gasteiger partial charge in [0.25, 0.3) is 5.91 Å². The molecule has 2 amide bonds. The predicted octanol–water partition coefficient (Wildman–Crippen LogP) is 2.83. The maximum Gasteiger partial charge on any atom is 0.269 e. The van der Waals surface area contributed by atoms with Gasteiger partial charge in [0.1, 0.15) is 4.33 Å². The lowest BCUT2D eigenvalue weighted by atomic mass is 10.1. The molecule has 1 fully saturated rings. The van der Waals surface area contributed by atoms with Gasteiger partial charge in [0.15, 0.2) is 11.5 Å². The highest BCUT2D eigenvalue weighted by atomic mass is 35.5. The van der Waals surface area contributed by atoms with Crippen LogP contribution in [0.3, 0.4) is 0 Å². The van der Waals surface area contributed by atoms with Gasteiger partial charge >= 0.3 is 0 Å². The van der Waals surface area contributed by atoms with Crippen molar-refractivity contribution in [3.63, 3.8) is 0 Å². The zero-order valence-corrected chi connectivity index (χ0v) is 15.4. The van der Waals surface area contributed by atoms with E-state index in [1.165, 1.54) is 13.2 Å². The van der Waals surface area contributed by atoms with Crippen molar-refractivity contribution in [1.82, 2.24) is 10.9 Å². The Labute approximate surface area is 150 Å². The Morgan fingerprint density at radius 3 is 2.33 bits per heavy atom. The molecule has 1 atom stereocenters. The molecule has 0 heterocycles. The van der Waals surface area contributed by atoms with Crippen molar-refractivity contribution in [2.24, 2.45) is 5.41 Å². The van der Waals surface area contributed by atoms with Gasteiger partial charge in [-0.3, -0.25) is 20.4 Å². The number of nitrogens with one attached hydrogen (secondary N) is 2. The summed E-state index contributed by atoms with van der Waals surface area (Å²) in [6.45, 7) is 5.42. The second-order valence-electron chi connectivity index (χ2n) is 6.15. The first kappa shape index (κ1) is 18.7. The molecule has 0 spiro atoms. The van der Waals surface area contributed by atoms with Gasteiger partial charge in [0.05, 0.1) is 18.6 Å². The van der Waals surface area contributed by atoms with Crippen molar-refractivity contribution in [1.29, 1.82) is 0 Å². The van der Waals surface area contributed by atoms with Crippen LogP contribution >= 0.6 is 23.2 Å². The number of hydrogen-bond donors (Lipinski definition) is 2. The third-order valence-corrected chi connectivity index (χ3v) is 4.94. The number of benzene rings is 1. The number of rotatable bonds is 5. The van der Waals surface area contributed by atoms with Gasteiger partial charge in [-0.05, 0) is 45.4 Å². The third-order valence-electron chi connectivity index (χ3n) is 3.84. The van der Waals surface area contributed by atoms with E-state index in [9.17, 15) is 9.59 Å². The average Bonchev–Trinajstić information content (AvgIpc) is 3.04. The standard InChI is InChI=1S/C16H20Cl2N2O4/c1-9(2)24-11-6-5-10(7-12(11)23-4)13(21)19-20-14(22)15(3)8-16(15,17)18/h5-7,9H,8H2,1-4H3,(H,19,21)(H,20,22). The van der Waals surface area contributed by atoms with Crippen LogP contribution in [0.2, 0.25) is 0 Å². The molecular weight excluding hydrogens is 355 g/mol. The summed E-state index contributed by atoms with van der Waals surface area (Å²) in [4.78, 5) is 24.2. The highest BCUT2D eigenvalue weighted by molar-refractivity contribution is 6.53. The van der Waals surface area contributed by atoms with Crippen molar-refractivity contribution in [3.8, 4) is 11.5 Å². The summed E-state index contributed by atoms with van der Waals surface area (Å²) in [5.41, 5.74) is 4.09. The molecule has 6 nitrogen and oxygen atoms in total. The Morgan fingerprint density at radius 2 is 1.83 bits per heavy atom. The van der Waals surface area contributed by atoms with E-state index in [-0.39, 0.29) is 6.10 Å². The quantitative estimate of drug-likeness (QED) is 0.613. The minimum absolute atomic E-state index is 0.0245. The van der Waals surface area contributed by atoms with Gasteiger partial charge in [-0.15, -0.1) is 23.2 Å². The second kappa shape index (κ2) is 6.69. The van der Waals surface area contributed by atoms with Crippen LogP contribution in [0.1, 0.15) is 37.6 Å². The number of carbonyl (C=O) groups is 2. The lowest BCUT2D eigenvalue weighted by Crippen LogP contribution is -2.45. The molecule has 2 N–H and O–H groups in total. The van der Waals surface area contributed by atoms with Crippen molar-refractivity contribution in [3.05, 3.63) is 23.8 Å². The van der Waals surface area contributed by atoms with E-state index in [2.05, 4.69) is 10.9 Å². The number of carbonyl (C=O) groups excluding carboxylic acids is 2. The fourth-order valence-corrected chi connectivity index (χ4v) is 2.84. The summed E-state index contributed by atoms with van der Waals surface area (Å²) in [6, 6.07) is 4.75. The lowest BCUT2D eigenvalue weighted by molar-refractivity contribution is -0.126. The SMILES string of the molecule is COc1cc(C(=O)NNC(=O)C2(C)CC2(Cl)Cl)ccc1OC(C)C. The number of halogens is 2. The van der Waals surface area contributed by atoms with Crippen molar-refractivity contribution < 1.29 is 19.1 Å². The Bertz CT molecular complexity index is 663. The van der Waals surface area contributed by atoms with Gasteiger partial charge in [0, 0.05) is 5.56 Å². The van der Waals surface area contributed by atoms with Crippen molar-refractivity contribution >= 4 is 35.0 Å². The molecule has 1 aliphatic carbocycles. The molecule has 0 bridgehead atoms. The average molecular weight is 375 g/mol. The smallest absolute Gasteiger partial charge is 0.269 e. The molecule has 1 saturated carbocycles. The van der Waals surface area contributed by atoms with Crippen LogP contribution in [0.25, 0.3) is 0 Å². The van der Waals surface area contributed by atoms with Gasteiger partial charge in [-0.2, -0.15) is 0 Å². The van der Waals surface area contributed by atoms with Crippen LogP contribution < -0.4 is 20.3 Å². The van der Waals surface area contributed by atoms with Crippen molar-refractivity contribution in [2.75, 3.05) is 7.11 Å². The highest BCUT2D eigenvalue weighted by Crippen LogP contribution is 2.63. The minimum Gasteiger partial charge on any atom is -0.493 e. The molecule has 0 aliphatic heterocycles. The summed E-state index contributed by atoms with van der Waals surface area (Å²) < 4.78 is 9.72. The van der Waals surface area contributed by atoms with Crippen LogP contribution in [0.5, 0.6) is 11.5 Å². The van der Waals surface area contributed by atoms with E-state index < -0.39 is 21.6 Å². The molecule has 132 valence electrons.